The molecule has 1 aromatic carbocycles. The Balaban J connectivity index is 2.59. The Morgan fingerprint density at radius 3 is 2.33 bits per heavy atom. The standard InChI is InChI=1S/C17H22F3N3O4/c1-5-27-14(24)12-13(10-6-8-11(9-7-10)22(2)3)21-15(25)23(4)16(12,26)17(18,19)20/h6-9,12-13,26H,5H2,1-4H3,(H,21,25)/t12-,13+,16-/m0/s1. The van der Waals surface area contributed by atoms with E-state index in [2.05, 4.69) is 5.32 Å². The molecule has 0 aliphatic carbocycles. The summed E-state index contributed by atoms with van der Waals surface area (Å²) in [4.78, 5) is 26.4. The van der Waals surface area contributed by atoms with Crippen LogP contribution >= 0.6 is 0 Å². The Kier molecular flexibility index (Phi) is 5.60. The molecule has 0 unspecified atom stereocenters. The number of hydrogen-bond donors (Lipinski definition) is 2. The highest BCUT2D eigenvalue weighted by Crippen LogP contribution is 2.46. The predicted octanol–water partition coefficient (Wildman–Crippen LogP) is 1.88. The fraction of sp³-hybridized carbons (Fsp3) is 0.529. The van der Waals surface area contributed by atoms with E-state index >= 15 is 0 Å². The van der Waals surface area contributed by atoms with Crippen LogP contribution < -0.4 is 10.2 Å². The van der Waals surface area contributed by atoms with Gasteiger partial charge in [0.25, 0.3) is 5.72 Å². The van der Waals surface area contributed by atoms with Gasteiger partial charge in [-0.2, -0.15) is 13.2 Å². The first-order chi connectivity index (χ1) is 12.4. The second kappa shape index (κ2) is 7.26. The van der Waals surface area contributed by atoms with Gasteiger partial charge in [-0.3, -0.25) is 9.69 Å². The van der Waals surface area contributed by atoms with Crippen LogP contribution in [0, 0.1) is 5.92 Å². The maximum absolute atomic E-state index is 13.8. The molecule has 0 saturated carbocycles. The molecule has 0 spiro atoms. The summed E-state index contributed by atoms with van der Waals surface area (Å²) >= 11 is 0. The molecule has 1 aliphatic heterocycles. The first kappa shape index (κ1) is 20.8. The van der Waals surface area contributed by atoms with Gasteiger partial charge in [0, 0.05) is 26.8 Å². The minimum absolute atomic E-state index is 0.0826. The van der Waals surface area contributed by atoms with E-state index in [4.69, 9.17) is 4.74 Å². The molecule has 1 fully saturated rings. The molecular formula is C17H22F3N3O4. The van der Waals surface area contributed by atoms with Crippen molar-refractivity contribution in [3.05, 3.63) is 29.8 Å². The number of esters is 1. The summed E-state index contributed by atoms with van der Waals surface area (Å²) in [5, 5.41) is 12.9. The van der Waals surface area contributed by atoms with E-state index in [0.717, 1.165) is 12.7 Å². The number of carbonyl (C=O) groups is 2. The monoisotopic (exact) mass is 389 g/mol. The molecule has 1 heterocycles. The van der Waals surface area contributed by atoms with Crippen molar-refractivity contribution in [1.82, 2.24) is 10.2 Å². The van der Waals surface area contributed by atoms with Crippen LogP contribution in [0.2, 0.25) is 0 Å². The highest BCUT2D eigenvalue weighted by Gasteiger charge is 2.69. The summed E-state index contributed by atoms with van der Waals surface area (Å²) in [6, 6.07) is 3.68. The molecule has 7 nitrogen and oxygen atoms in total. The lowest BCUT2D eigenvalue weighted by molar-refractivity contribution is -0.328. The fourth-order valence-electron chi connectivity index (χ4n) is 3.06. The average molecular weight is 389 g/mol. The van der Waals surface area contributed by atoms with E-state index in [-0.39, 0.29) is 17.1 Å². The van der Waals surface area contributed by atoms with E-state index in [1.54, 1.807) is 31.1 Å². The topological polar surface area (TPSA) is 82.1 Å². The van der Waals surface area contributed by atoms with E-state index < -0.39 is 35.9 Å². The quantitative estimate of drug-likeness (QED) is 0.769. The van der Waals surface area contributed by atoms with E-state index in [9.17, 15) is 27.9 Å². The summed E-state index contributed by atoms with van der Waals surface area (Å²) in [5.74, 6) is -3.36. The Bertz CT molecular complexity index is 708. The number of carbonyl (C=O) groups excluding carboxylic acids is 2. The Morgan fingerprint density at radius 1 is 1.33 bits per heavy atom. The lowest BCUT2D eigenvalue weighted by Crippen LogP contribution is -2.73. The van der Waals surface area contributed by atoms with Gasteiger partial charge >= 0.3 is 18.2 Å². The highest BCUT2D eigenvalue weighted by molar-refractivity contribution is 5.83. The first-order valence-electron chi connectivity index (χ1n) is 8.22. The number of nitrogens with zero attached hydrogens (tertiary/aromatic N) is 2. The smallest absolute Gasteiger partial charge is 0.437 e. The molecule has 1 saturated heterocycles. The van der Waals surface area contributed by atoms with Gasteiger partial charge in [-0.1, -0.05) is 12.1 Å². The molecule has 10 heteroatoms. The van der Waals surface area contributed by atoms with Gasteiger partial charge in [0.15, 0.2) is 0 Å². The van der Waals surface area contributed by atoms with E-state index in [1.165, 1.54) is 19.1 Å². The van der Waals surface area contributed by atoms with Crippen molar-refractivity contribution in [3.63, 3.8) is 0 Å². The number of benzene rings is 1. The van der Waals surface area contributed by atoms with E-state index in [0.29, 0.717) is 0 Å². The molecule has 1 aromatic rings. The number of amides is 2. The van der Waals surface area contributed by atoms with Crippen LogP contribution in [0.4, 0.5) is 23.7 Å². The Labute approximate surface area is 154 Å². The third kappa shape index (κ3) is 3.53. The van der Waals surface area contributed by atoms with Crippen LogP contribution in [0.5, 0.6) is 0 Å². The van der Waals surface area contributed by atoms with Crippen LogP contribution in [0.1, 0.15) is 18.5 Å². The zero-order chi connectivity index (χ0) is 20.6. The number of urea groups is 1. The molecule has 0 radical (unpaired) electrons. The number of ether oxygens (including phenoxy) is 1. The van der Waals surface area contributed by atoms with Crippen LogP contribution in [0.15, 0.2) is 24.3 Å². The van der Waals surface area contributed by atoms with Gasteiger partial charge in [0.1, 0.15) is 5.92 Å². The predicted molar refractivity (Wildman–Crippen MR) is 90.9 cm³/mol. The van der Waals surface area contributed by atoms with Crippen molar-refractivity contribution in [3.8, 4) is 0 Å². The molecular weight excluding hydrogens is 367 g/mol. The Hall–Kier alpha value is -2.49. The minimum Gasteiger partial charge on any atom is -0.466 e. The lowest BCUT2D eigenvalue weighted by Gasteiger charge is -2.49. The van der Waals surface area contributed by atoms with Gasteiger partial charge < -0.3 is 20.1 Å². The Morgan fingerprint density at radius 2 is 1.89 bits per heavy atom. The number of rotatable bonds is 4. The number of aliphatic hydroxyl groups is 1. The van der Waals surface area contributed by atoms with Gasteiger partial charge in [0.05, 0.1) is 12.6 Å². The zero-order valence-corrected chi connectivity index (χ0v) is 15.4. The van der Waals surface area contributed by atoms with Crippen LogP contribution in [0.3, 0.4) is 0 Å². The second-order valence-electron chi connectivity index (χ2n) is 6.43. The highest BCUT2D eigenvalue weighted by atomic mass is 19.4. The van der Waals surface area contributed by atoms with Crippen LogP contribution in [-0.4, -0.2) is 61.7 Å². The maximum Gasteiger partial charge on any atom is 0.437 e. The van der Waals surface area contributed by atoms with Crippen molar-refractivity contribution in [2.45, 2.75) is 24.9 Å². The van der Waals surface area contributed by atoms with E-state index in [1.807, 2.05) is 0 Å². The molecule has 1 aliphatic rings. The van der Waals surface area contributed by atoms with Crippen molar-refractivity contribution in [2.75, 3.05) is 32.6 Å². The zero-order valence-electron chi connectivity index (χ0n) is 15.4. The van der Waals surface area contributed by atoms with Crippen LogP contribution in [-0.2, 0) is 9.53 Å². The van der Waals surface area contributed by atoms with Gasteiger partial charge in [0.2, 0.25) is 0 Å². The molecule has 2 rings (SSSR count). The summed E-state index contributed by atoms with van der Waals surface area (Å²) < 4.78 is 46.1. The lowest BCUT2D eigenvalue weighted by atomic mass is 9.81. The van der Waals surface area contributed by atoms with Crippen molar-refractivity contribution >= 4 is 17.7 Å². The maximum atomic E-state index is 13.8. The number of hydrogen-bond acceptors (Lipinski definition) is 5. The summed E-state index contributed by atoms with van der Waals surface area (Å²) in [5.41, 5.74) is -2.70. The summed E-state index contributed by atoms with van der Waals surface area (Å²) in [6.45, 7) is 1.27. The minimum atomic E-state index is -5.28. The second-order valence-corrected chi connectivity index (χ2v) is 6.43. The van der Waals surface area contributed by atoms with Crippen molar-refractivity contribution < 1.29 is 32.6 Å². The van der Waals surface area contributed by atoms with Crippen molar-refractivity contribution in [1.29, 1.82) is 0 Å². The molecule has 0 aromatic heterocycles. The van der Waals surface area contributed by atoms with Gasteiger partial charge in [-0.05, 0) is 24.6 Å². The number of halogens is 3. The van der Waals surface area contributed by atoms with Crippen molar-refractivity contribution in [2.24, 2.45) is 5.92 Å². The van der Waals surface area contributed by atoms with Gasteiger partial charge in [-0.25, -0.2) is 4.79 Å². The number of alkyl halides is 3. The van der Waals surface area contributed by atoms with Gasteiger partial charge in [-0.15, -0.1) is 0 Å². The third-order valence-corrected chi connectivity index (χ3v) is 4.59. The number of nitrogens with one attached hydrogen (secondary N) is 1. The molecule has 3 atom stereocenters. The largest absolute Gasteiger partial charge is 0.466 e. The summed E-state index contributed by atoms with van der Waals surface area (Å²) in [7, 11) is 4.35. The molecule has 27 heavy (non-hydrogen) atoms. The van der Waals surface area contributed by atoms with Crippen LogP contribution in [0.25, 0.3) is 0 Å². The molecule has 2 amide bonds. The normalized spacial score (nSPS) is 25.8. The SMILES string of the molecule is CCOC(=O)[C@@H]1[C@@H](c2ccc(N(C)C)cc2)NC(=O)N(C)[C@@]1(O)C(F)(F)F. The number of anilines is 1. The summed E-state index contributed by atoms with van der Waals surface area (Å²) in [6.07, 6.45) is -5.28. The fourth-order valence-corrected chi connectivity index (χ4v) is 3.06. The average Bonchev–Trinajstić information content (AvgIpc) is 2.58. The third-order valence-electron chi connectivity index (χ3n) is 4.59. The molecule has 150 valence electrons. The molecule has 2 N–H and O–H groups in total. The first-order valence-corrected chi connectivity index (χ1v) is 8.22. The molecule has 0 bridgehead atoms.